The number of anilines is 1. The first kappa shape index (κ1) is 22.1. The molecular weight excluding hydrogens is 402 g/mol. The van der Waals surface area contributed by atoms with Crippen molar-refractivity contribution in [3.8, 4) is 5.75 Å². The number of rotatable bonds is 5. The number of aryl methyl sites for hydroxylation is 1. The van der Waals surface area contributed by atoms with Gasteiger partial charge in [0.05, 0.1) is 18.8 Å². The summed E-state index contributed by atoms with van der Waals surface area (Å²) in [5.74, 6) is 0.473. The third-order valence-corrected chi connectivity index (χ3v) is 5.66. The molecule has 2 aromatic rings. The molecule has 1 heterocycles. The van der Waals surface area contributed by atoms with Crippen molar-refractivity contribution in [1.82, 2.24) is 9.80 Å². The first-order chi connectivity index (χ1) is 14.4. The molecule has 0 saturated carbocycles. The Hall–Kier alpha value is -2.57. The van der Waals surface area contributed by atoms with Crippen molar-refractivity contribution in [3.63, 3.8) is 0 Å². The summed E-state index contributed by atoms with van der Waals surface area (Å²) in [6, 6.07) is 12.4. The van der Waals surface area contributed by atoms with E-state index in [0.29, 0.717) is 41.7 Å². The minimum absolute atomic E-state index is 0.0429. The van der Waals surface area contributed by atoms with Crippen LogP contribution in [0.2, 0.25) is 5.02 Å². The Morgan fingerprint density at radius 1 is 1.10 bits per heavy atom. The number of methoxy groups -OCH3 is 1. The van der Waals surface area contributed by atoms with E-state index in [9.17, 15) is 9.59 Å². The molecule has 1 N–H and O–H groups in total. The maximum atomic E-state index is 12.9. The molecule has 30 heavy (non-hydrogen) atoms. The molecule has 1 aliphatic heterocycles. The monoisotopic (exact) mass is 429 g/mol. The molecule has 0 bridgehead atoms. The maximum absolute atomic E-state index is 12.9. The molecule has 0 aliphatic carbocycles. The van der Waals surface area contributed by atoms with Crippen LogP contribution in [0.15, 0.2) is 42.5 Å². The highest BCUT2D eigenvalue weighted by molar-refractivity contribution is 6.31. The summed E-state index contributed by atoms with van der Waals surface area (Å²) in [6.45, 7) is 6.52. The van der Waals surface area contributed by atoms with Crippen LogP contribution in [0.3, 0.4) is 0 Å². The first-order valence-corrected chi connectivity index (χ1v) is 10.5. The van der Waals surface area contributed by atoms with E-state index >= 15 is 0 Å². The van der Waals surface area contributed by atoms with Crippen LogP contribution < -0.4 is 10.1 Å². The minimum Gasteiger partial charge on any atom is -0.495 e. The van der Waals surface area contributed by atoms with E-state index in [0.717, 1.165) is 18.5 Å². The van der Waals surface area contributed by atoms with Gasteiger partial charge in [0.25, 0.3) is 5.91 Å². The molecule has 3 rings (SSSR count). The summed E-state index contributed by atoms with van der Waals surface area (Å²) in [5.41, 5.74) is 2.33. The Kier molecular flexibility index (Phi) is 7.34. The molecule has 0 radical (unpaired) electrons. The summed E-state index contributed by atoms with van der Waals surface area (Å²) in [6.07, 6.45) is 0.815. The van der Waals surface area contributed by atoms with Gasteiger partial charge in [0.1, 0.15) is 5.75 Å². The Morgan fingerprint density at radius 2 is 1.90 bits per heavy atom. The maximum Gasteiger partial charge on any atom is 0.253 e. The second-order valence-corrected chi connectivity index (χ2v) is 8.00. The number of nitrogens with one attached hydrogen (secondary N) is 1. The third kappa shape index (κ3) is 5.32. The highest BCUT2D eigenvalue weighted by Crippen LogP contribution is 2.28. The van der Waals surface area contributed by atoms with Crippen molar-refractivity contribution in [3.05, 3.63) is 58.6 Å². The molecular formula is C23H28ClN3O3. The zero-order chi connectivity index (χ0) is 21.7. The second-order valence-electron chi connectivity index (χ2n) is 7.56. The fourth-order valence-corrected chi connectivity index (χ4v) is 3.84. The standard InChI is InChI=1S/C23H28ClN3O3/c1-16-6-4-7-18(14-16)23(29)27-11-5-10-26(12-13-27)17(2)22(28)25-20-15-19(24)8-9-21(20)30-3/h4,6-9,14-15,17H,5,10-13H2,1-3H3,(H,25,28). The van der Waals surface area contributed by atoms with Gasteiger partial charge in [-0.2, -0.15) is 0 Å². The predicted octanol–water partition coefficient (Wildman–Crippen LogP) is 3.83. The van der Waals surface area contributed by atoms with Crippen LogP contribution in [-0.2, 0) is 4.79 Å². The lowest BCUT2D eigenvalue weighted by atomic mass is 10.1. The highest BCUT2D eigenvalue weighted by Gasteiger charge is 2.26. The molecule has 0 aromatic heterocycles. The average molecular weight is 430 g/mol. The lowest BCUT2D eigenvalue weighted by Crippen LogP contribution is -2.44. The quantitative estimate of drug-likeness (QED) is 0.784. The number of hydrogen-bond donors (Lipinski definition) is 1. The summed E-state index contributed by atoms with van der Waals surface area (Å²) in [4.78, 5) is 29.7. The molecule has 1 atom stereocenters. The van der Waals surface area contributed by atoms with Crippen LogP contribution in [0, 0.1) is 6.92 Å². The first-order valence-electron chi connectivity index (χ1n) is 10.1. The van der Waals surface area contributed by atoms with Gasteiger partial charge < -0.3 is 15.0 Å². The van der Waals surface area contributed by atoms with Gasteiger partial charge in [-0.15, -0.1) is 0 Å². The molecule has 2 amide bonds. The molecule has 2 aromatic carbocycles. The van der Waals surface area contributed by atoms with Gasteiger partial charge in [0, 0.05) is 36.8 Å². The van der Waals surface area contributed by atoms with Gasteiger partial charge in [0.15, 0.2) is 0 Å². The van der Waals surface area contributed by atoms with Gasteiger partial charge in [-0.05, 0) is 50.6 Å². The third-order valence-electron chi connectivity index (χ3n) is 5.43. The Bertz CT molecular complexity index is 918. The number of amides is 2. The summed E-state index contributed by atoms with van der Waals surface area (Å²) in [5, 5.41) is 3.44. The lowest BCUT2D eigenvalue weighted by molar-refractivity contribution is -0.120. The number of ether oxygens (including phenoxy) is 1. The van der Waals surface area contributed by atoms with Crippen molar-refractivity contribution in [2.45, 2.75) is 26.3 Å². The normalized spacial score (nSPS) is 15.9. The number of halogens is 1. The van der Waals surface area contributed by atoms with Crippen LogP contribution in [0.5, 0.6) is 5.75 Å². The molecule has 1 unspecified atom stereocenters. The number of hydrogen-bond acceptors (Lipinski definition) is 4. The van der Waals surface area contributed by atoms with Crippen molar-refractivity contribution >= 4 is 29.1 Å². The second kappa shape index (κ2) is 9.96. The number of nitrogens with zero attached hydrogens (tertiary/aromatic N) is 2. The summed E-state index contributed by atoms with van der Waals surface area (Å²) in [7, 11) is 1.55. The predicted molar refractivity (Wildman–Crippen MR) is 119 cm³/mol. The Balaban J connectivity index is 1.62. The molecule has 7 heteroatoms. The fourth-order valence-electron chi connectivity index (χ4n) is 3.67. The minimum atomic E-state index is -0.345. The van der Waals surface area contributed by atoms with Crippen molar-refractivity contribution in [1.29, 1.82) is 0 Å². The van der Waals surface area contributed by atoms with Crippen LogP contribution in [-0.4, -0.2) is 60.9 Å². The van der Waals surface area contributed by atoms with Gasteiger partial charge in [-0.25, -0.2) is 0 Å². The van der Waals surface area contributed by atoms with E-state index in [-0.39, 0.29) is 17.9 Å². The highest BCUT2D eigenvalue weighted by atomic mass is 35.5. The SMILES string of the molecule is COc1ccc(Cl)cc1NC(=O)C(C)N1CCCN(C(=O)c2cccc(C)c2)CC1. The van der Waals surface area contributed by atoms with Crippen LogP contribution in [0.1, 0.15) is 29.3 Å². The lowest BCUT2D eigenvalue weighted by Gasteiger charge is -2.27. The molecule has 1 saturated heterocycles. The number of carbonyl (C=O) groups excluding carboxylic acids is 2. The van der Waals surface area contributed by atoms with Crippen molar-refractivity contribution in [2.75, 3.05) is 38.6 Å². The summed E-state index contributed by atoms with van der Waals surface area (Å²) < 4.78 is 5.31. The van der Waals surface area contributed by atoms with Crippen LogP contribution >= 0.6 is 11.6 Å². The molecule has 1 aliphatic rings. The van der Waals surface area contributed by atoms with E-state index in [1.54, 1.807) is 25.3 Å². The Morgan fingerprint density at radius 3 is 2.63 bits per heavy atom. The van der Waals surface area contributed by atoms with Crippen LogP contribution in [0.4, 0.5) is 5.69 Å². The molecule has 6 nitrogen and oxygen atoms in total. The largest absolute Gasteiger partial charge is 0.495 e. The fraction of sp³-hybridized carbons (Fsp3) is 0.391. The van der Waals surface area contributed by atoms with Crippen molar-refractivity contribution < 1.29 is 14.3 Å². The molecule has 1 fully saturated rings. The van der Waals surface area contributed by atoms with Crippen LogP contribution in [0.25, 0.3) is 0 Å². The zero-order valence-electron chi connectivity index (χ0n) is 17.7. The molecule has 0 spiro atoms. The smallest absolute Gasteiger partial charge is 0.253 e. The van der Waals surface area contributed by atoms with Gasteiger partial charge >= 0.3 is 0 Å². The Labute approximate surface area is 182 Å². The number of carbonyl (C=O) groups is 2. The number of benzene rings is 2. The van der Waals surface area contributed by atoms with Gasteiger partial charge in [-0.3, -0.25) is 14.5 Å². The van der Waals surface area contributed by atoms with Gasteiger partial charge in [0.2, 0.25) is 5.91 Å². The van der Waals surface area contributed by atoms with E-state index in [4.69, 9.17) is 16.3 Å². The van der Waals surface area contributed by atoms with E-state index in [1.165, 1.54) is 0 Å². The molecule has 160 valence electrons. The van der Waals surface area contributed by atoms with E-state index in [2.05, 4.69) is 10.2 Å². The summed E-state index contributed by atoms with van der Waals surface area (Å²) >= 11 is 6.06. The van der Waals surface area contributed by atoms with E-state index < -0.39 is 0 Å². The van der Waals surface area contributed by atoms with E-state index in [1.807, 2.05) is 43.0 Å². The van der Waals surface area contributed by atoms with Gasteiger partial charge in [-0.1, -0.05) is 29.3 Å². The van der Waals surface area contributed by atoms with Crippen molar-refractivity contribution in [2.24, 2.45) is 0 Å². The average Bonchev–Trinajstić information content (AvgIpc) is 2.99. The zero-order valence-corrected chi connectivity index (χ0v) is 18.4. The topological polar surface area (TPSA) is 61.9 Å².